The number of ether oxygens (including phenoxy) is 2. The monoisotopic (exact) mass is 1010 g/mol. The third-order valence-corrected chi connectivity index (χ3v) is 10.9. The van der Waals surface area contributed by atoms with Gasteiger partial charge in [-0.2, -0.15) is 0 Å². The van der Waals surface area contributed by atoms with Crippen LogP contribution in [-0.2, 0) is 62.2 Å². The van der Waals surface area contributed by atoms with Gasteiger partial charge in [0.15, 0.2) is 0 Å². The van der Waals surface area contributed by atoms with E-state index in [4.69, 9.17) is 19.7 Å². The third kappa shape index (κ3) is 26.2. The molecule has 9 N–H and O–H groups in total. The Labute approximate surface area is 416 Å². The largest absolute Gasteiger partial charge is 0.481 e. The van der Waals surface area contributed by atoms with Crippen LogP contribution in [0.15, 0.2) is 12.2 Å². The second-order valence-corrected chi connectivity index (χ2v) is 20.9. The fourth-order valence-corrected chi connectivity index (χ4v) is 6.46. The lowest BCUT2D eigenvalue weighted by Crippen LogP contribution is -2.56. The number of hydrogen-bond donors (Lipinski definition) is 9. The van der Waals surface area contributed by atoms with Gasteiger partial charge in [-0.3, -0.25) is 57.6 Å². The lowest BCUT2D eigenvalue weighted by atomic mass is 9.92. The standard InChI is InChI=1S/C48H80N8O15/c1-30(15-14-23-52-44(69)48(10,11)29-71-46(5,6)7)39(42(67)50-25-20-38(63)64)55-34(58)27-32(53-33(57)21-26-56-35(59)17-18-36(56)60)41(66)54-31(40(65)49-24-19-37(61)62)16-12-13-22-51-43(68)47(8,9)28-70-45(2,3)4/h17-18,30-32,39H,12-16,19-29H2,1-11H3,(H,49,65)(H,50,67)(H,51,68)(H,52,69)(H,53,57)(H,54,66)(H,55,58)(H,61,62)(H,63,64)/t30-,31-,32?,39?/m0/s1. The molecule has 0 aromatic heterocycles. The van der Waals surface area contributed by atoms with Crippen molar-refractivity contribution in [2.75, 3.05) is 45.9 Å². The normalized spacial score (nSPS) is 14.7. The summed E-state index contributed by atoms with van der Waals surface area (Å²) in [6, 6.07) is -4.35. The Hall–Kier alpha value is -5.97. The summed E-state index contributed by atoms with van der Waals surface area (Å²) >= 11 is 0. The van der Waals surface area contributed by atoms with Crippen LogP contribution in [-0.4, -0.2) is 155 Å². The number of carbonyl (C=O) groups excluding carboxylic acids is 9. The third-order valence-electron chi connectivity index (χ3n) is 10.9. The van der Waals surface area contributed by atoms with E-state index in [0.29, 0.717) is 12.8 Å². The van der Waals surface area contributed by atoms with Gasteiger partial charge in [-0.05, 0) is 107 Å². The molecule has 1 heterocycles. The van der Waals surface area contributed by atoms with Gasteiger partial charge in [0.2, 0.25) is 41.4 Å². The van der Waals surface area contributed by atoms with E-state index < -0.39 is 125 Å². The van der Waals surface area contributed by atoms with Crippen molar-refractivity contribution in [2.24, 2.45) is 16.7 Å². The molecule has 0 bridgehead atoms. The molecule has 1 aliphatic heterocycles. The Balaban J connectivity index is 3.33. The van der Waals surface area contributed by atoms with E-state index in [1.54, 1.807) is 34.6 Å². The number of carbonyl (C=O) groups is 11. The summed E-state index contributed by atoms with van der Waals surface area (Å²) in [4.78, 5) is 142. The van der Waals surface area contributed by atoms with Gasteiger partial charge < -0.3 is 56.9 Å². The fourth-order valence-electron chi connectivity index (χ4n) is 6.46. The molecule has 0 aromatic carbocycles. The predicted molar refractivity (Wildman–Crippen MR) is 259 cm³/mol. The van der Waals surface area contributed by atoms with Gasteiger partial charge in [0, 0.05) is 51.3 Å². The average Bonchev–Trinajstić information content (AvgIpc) is 3.58. The van der Waals surface area contributed by atoms with Crippen molar-refractivity contribution in [2.45, 2.75) is 163 Å². The van der Waals surface area contributed by atoms with E-state index >= 15 is 0 Å². The van der Waals surface area contributed by atoms with Crippen LogP contribution >= 0.6 is 0 Å². The van der Waals surface area contributed by atoms with Crippen molar-refractivity contribution in [1.29, 1.82) is 0 Å². The molecule has 0 spiro atoms. The van der Waals surface area contributed by atoms with Crippen LogP contribution in [0.5, 0.6) is 0 Å². The van der Waals surface area contributed by atoms with E-state index in [9.17, 15) is 52.7 Å². The highest BCUT2D eigenvalue weighted by molar-refractivity contribution is 6.13. The maximum atomic E-state index is 14.1. The molecule has 9 amide bonds. The highest BCUT2D eigenvalue weighted by Gasteiger charge is 2.34. The summed E-state index contributed by atoms with van der Waals surface area (Å²) in [6.45, 7) is 19.6. The van der Waals surface area contributed by atoms with E-state index in [0.717, 1.165) is 17.1 Å². The van der Waals surface area contributed by atoms with Crippen LogP contribution in [0.25, 0.3) is 0 Å². The van der Waals surface area contributed by atoms with Crippen LogP contribution in [0.2, 0.25) is 0 Å². The Morgan fingerprint density at radius 1 is 0.549 bits per heavy atom. The summed E-state index contributed by atoms with van der Waals surface area (Å²) in [7, 11) is 0. The molecule has 402 valence electrons. The Bertz CT molecular complexity index is 1900. The molecular formula is C48H80N8O15. The minimum absolute atomic E-state index is 0.0329. The zero-order chi connectivity index (χ0) is 54.3. The molecule has 71 heavy (non-hydrogen) atoms. The number of amides is 9. The number of carboxylic acid groups (broad SMARTS) is 2. The number of carboxylic acids is 2. The molecule has 4 atom stereocenters. The number of nitrogens with zero attached hydrogens (tertiary/aromatic N) is 1. The first-order valence-corrected chi connectivity index (χ1v) is 24.0. The van der Waals surface area contributed by atoms with Crippen LogP contribution < -0.4 is 37.2 Å². The molecule has 0 aromatic rings. The quantitative estimate of drug-likeness (QED) is 0.0325. The first-order valence-electron chi connectivity index (χ1n) is 24.0. The highest BCUT2D eigenvalue weighted by atomic mass is 16.5. The Morgan fingerprint density at radius 2 is 1.03 bits per heavy atom. The Morgan fingerprint density at radius 3 is 1.51 bits per heavy atom. The highest BCUT2D eigenvalue weighted by Crippen LogP contribution is 2.22. The molecule has 2 unspecified atom stereocenters. The lowest BCUT2D eigenvalue weighted by Gasteiger charge is -2.29. The summed E-state index contributed by atoms with van der Waals surface area (Å²) in [5.41, 5.74) is -2.66. The number of unbranched alkanes of at least 4 members (excludes halogenated alkanes) is 1. The molecule has 0 saturated heterocycles. The number of imide groups is 1. The molecular weight excluding hydrogens is 929 g/mol. The molecule has 0 aliphatic carbocycles. The number of rotatable bonds is 33. The van der Waals surface area contributed by atoms with Gasteiger partial charge >= 0.3 is 11.9 Å². The minimum atomic E-state index is -1.72. The second kappa shape index (κ2) is 29.4. The van der Waals surface area contributed by atoms with Crippen molar-refractivity contribution >= 4 is 65.1 Å². The van der Waals surface area contributed by atoms with E-state index in [-0.39, 0.29) is 77.0 Å². The Kier molecular flexibility index (Phi) is 26.1. The molecule has 0 saturated carbocycles. The summed E-state index contributed by atoms with van der Waals surface area (Å²) in [6.07, 6.45) is 1.08. The second-order valence-electron chi connectivity index (χ2n) is 20.9. The maximum absolute atomic E-state index is 14.1. The number of hydrogen-bond acceptors (Lipinski definition) is 13. The number of aliphatic carboxylic acids is 2. The van der Waals surface area contributed by atoms with Gasteiger partial charge in [0.05, 0.1) is 54.5 Å². The maximum Gasteiger partial charge on any atom is 0.305 e. The van der Waals surface area contributed by atoms with Gasteiger partial charge in [-0.1, -0.05) is 6.92 Å². The first-order chi connectivity index (χ1) is 32.7. The zero-order valence-electron chi connectivity index (χ0n) is 43.4. The van der Waals surface area contributed by atoms with Crippen molar-refractivity contribution in [3.8, 4) is 0 Å². The van der Waals surface area contributed by atoms with Gasteiger partial charge in [0.1, 0.15) is 18.1 Å². The predicted octanol–water partition coefficient (Wildman–Crippen LogP) is 0.829. The summed E-state index contributed by atoms with van der Waals surface area (Å²) in [5, 5.41) is 36.5. The van der Waals surface area contributed by atoms with Gasteiger partial charge in [-0.15, -0.1) is 0 Å². The molecule has 1 aliphatic rings. The van der Waals surface area contributed by atoms with Crippen LogP contribution in [0.1, 0.15) is 134 Å². The topological polar surface area (TPSA) is 334 Å². The fraction of sp³-hybridized carbons (Fsp3) is 0.729. The molecule has 23 heteroatoms. The van der Waals surface area contributed by atoms with Crippen LogP contribution in [0.3, 0.4) is 0 Å². The molecule has 23 nitrogen and oxygen atoms in total. The lowest BCUT2D eigenvalue weighted by molar-refractivity contribution is -0.139. The zero-order valence-corrected chi connectivity index (χ0v) is 43.4. The summed E-state index contributed by atoms with van der Waals surface area (Å²) < 4.78 is 11.6. The summed E-state index contributed by atoms with van der Waals surface area (Å²) in [5.74, 6) is -9.22. The van der Waals surface area contributed by atoms with Crippen molar-refractivity contribution < 1.29 is 72.4 Å². The number of nitrogens with one attached hydrogen (secondary N) is 7. The van der Waals surface area contributed by atoms with Crippen molar-refractivity contribution in [1.82, 2.24) is 42.1 Å². The minimum Gasteiger partial charge on any atom is -0.481 e. The van der Waals surface area contributed by atoms with Crippen molar-refractivity contribution in [3.05, 3.63) is 12.2 Å². The van der Waals surface area contributed by atoms with Crippen LogP contribution in [0.4, 0.5) is 0 Å². The van der Waals surface area contributed by atoms with E-state index in [1.165, 1.54) is 0 Å². The molecule has 0 radical (unpaired) electrons. The average molecular weight is 1010 g/mol. The van der Waals surface area contributed by atoms with Crippen LogP contribution in [0, 0.1) is 16.7 Å². The molecule has 1 rings (SSSR count). The SMILES string of the molecule is C[C@@H](CCCNC(=O)C(C)(C)COC(C)(C)C)C(NC(=O)CC(NC(=O)CCN1C(=O)C=CC1=O)C(=O)N[C@@H](CCCCNC(=O)C(C)(C)COC(C)(C)C)C(=O)NCCC(=O)O)C(=O)NCCC(=O)O. The van der Waals surface area contributed by atoms with E-state index in [1.807, 2.05) is 41.5 Å². The molecule has 0 fully saturated rings. The van der Waals surface area contributed by atoms with E-state index in [2.05, 4.69) is 37.2 Å². The van der Waals surface area contributed by atoms with Gasteiger partial charge in [0.25, 0.3) is 11.8 Å². The smallest absolute Gasteiger partial charge is 0.305 e. The van der Waals surface area contributed by atoms with Gasteiger partial charge in [-0.25, -0.2) is 0 Å². The van der Waals surface area contributed by atoms with Crippen molar-refractivity contribution in [3.63, 3.8) is 0 Å². The first kappa shape index (κ1) is 63.0.